The van der Waals surface area contributed by atoms with E-state index in [2.05, 4.69) is 15.2 Å². The van der Waals surface area contributed by atoms with Gasteiger partial charge in [0, 0.05) is 29.2 Å². The van der Waals surface area contributed by atoms with Gasteiger partial charge in [-0.2, -0.15) is 0 Å². The molecule has 2 aliphatic heterocycles. The van der Waals surface area contributed by atoms with Gasteiger partial charge in [-0.3, -0.25) is 14.2 Å². The molecule has 2 aromatic rings. The number of piperidine rings is 1. The zero-order chi connectivity index (χ0) is 20.1. The topological polar surface area (TPSA) is 115 Å². The predicted octanol–water partition coefficient (Wildman–Crippen LogP) is 3.29. The Labute approximate surface area is 163 Å². The van der Waals surface area contributed by atoms with Crippen LogP contribution in [-0.2, 0) is 13.9 Å². The van der Waals surface area contributed by atoms with Crippen LogP contribution < -0.4 is 5.32 Å². The molecule has 3 unspecified atom stereocenters. The molecule has 4 rings (SSSR count). The van der Waals surface area contributed by atoms with Crippen LogP contribution in [0.1, 0.15) is 51.0 Å². The lowest BCUT2D eigenvalue weighted by molar-refractivity contribution is -0.130. The monoisotopic (exact) mass is 407 g/mol. The van der Waals surface area contributed by atoms with Gasteiger partial charge in [-0.1, -0.05) is 6.07 Å². The first-order chi connectivity index (χ1) is 13.2. The van der Waals surface area contributed by atoms with Crippen molar-refractivity contribution in [2.24, 2.45) is 0 Å². The molecule has 8 nitrogen and oxygen atoms in total. The van der Waals surface area contributed by atoms with Crippen LogP contribution in [0, 0.1) is 0 Å². The Morgan fingerprint density at radius 1 is 1.43 bits per heavy atom. The smallest absolute Gasteiger partial charge is 0.361 e. The third-order valence-electron chi connectivity index (χ3n) is 6.09. The molecule has 9 heteroatoms. The summed E-state index contributed by atoms with van der Waals surface area (Å²) >= 11 is 0. The summed E-state index contributed by atoms with van der Waals surface area (Å²) < 4.78 is 17.2. The number of hydrogen-bond donors (Lipinski definition) is 4. The second kappa shape index (κ2) is 6.97. The number of aromatic amines is 1. The highest BCUT2D eigenvalue weighted by atomic mass is 31.2. The Balaban J connectivity index is 1.76. The van der Waals surface area contributed by atoms with E-state index in [-0.39, 0.29) is 18.0 Å². The molecule has 0 aliphatic carbocycles. The van der Waals surface area contributed by atoms with Gasteiger partial charge in [0.2, 0.25) is 6.41 Å². The lowest BCUT2D eigenvalue weighted by Crippen LogP contribution is -2.56. The minimum atomic E-state index is -4.65. The first kappa shape index (κ1) is 19.6. The third-order valence-corrected chi connectivity index (χ3v) is 6.67. The highest BCUT2D eigenvalue weighted by Crippen LogP contribution is 2.57. The van der Waals surface area contributed by atoms with E-state index in [4.69, 9.17) is 4.52 Å². The molecule has 1 aromatic carbocycles. The van der Waals surface area contributed by atoms with Crippen LogP contribution in [-0.4, -0.2) is 43.9 Å². The van der Waals surface area contributed by atoms with E-state index in [0.717, 1.165) is 35.0 Å². The number of nitrogens with one attached hydrogen (secondary N) is 2. The van der Waals surface area contributed by atoms with Gasteiger partial charge in [-0.15, -0.1) is 0 Å². The van der Waals surface area contributed by atoms with Crippen LogP contribution in [0.15, 0.2) is 24.4 Å². The predicted molar refractivity (Wildman–Crippen MR) is 106 cm³/mol. The molecular formula is C19H26N3O5P. The van der Waals surface area contributed by atoms with Crippen LogP contribution >= 0.6 is 7.82 Å². The standard InChI is InChI=1S/C19H26N3O5P/c1-12(2)22-14-6-7-19(22,27-28(24,25)26)9-13(8-14)15-10-20-16-4-3-5-17(18(15)16)21-11-23/h3-5,10-14,20H,6-9H2,1-2H3,(H,21,23)(H2,24,25,26). The highest BCUT2D eigenvalue weighted by Gasteiger charge is 2.56. The average Bonchev–Trinajstić information content (AvgIpc) is 3.12. The fourth-order valence-corrected chi connectivity index (χ4v) is 6.13. The molecule has 2 saturated heterocycles. The number of H-pyrrole nitrogens is 1. The van der Waals surface area contributed by atoms with Crippen molar-refractivity contribution in [3.63, 3.8) is 0 Å². The summed E-state index contributed by atoms with van der Waals surface area (Å²) in [5.74, 6) is 0.0670. The Hall–Kier alpha value is -1.70. The molecular weight excluding hydrogens is 381 g/mol. The normalized spacial score (nSPS) is 28.2. The minimum Gasteiger partial charge on any atom is -0.361 e. The minimum absolute atomic E-state index is 0.0670. The van der Waals surface area contributed by atoms with Gasteiger partial charge in [-0.05, 0) is 63.1 Å². The van der Waals surface area contributed by atoms with Crippen molar-refractivity contribution < 1.29 is 23.7 Å². The molecule has 1 amide bonds. The molecule has 0 spiro atoms. The zero-order valence-corrected chi connectivity index (χ0v) is 16.9. The summed E-state index contributed by atoms with van der Waals surface area (Å²) in [6, 6.07) is 6.00. The maximum atomic E-state index is 11.8. The van der Waals surface area contributed by atoms with Crippen molar-refractivity contribution >= 4 is 30.8 Å². The van der Waals surface area contributed by atoms with Gasteiger partial charge in [0.25, 0.3) is 0 Å². The van der Waals surface area contributed by atoms with Crippen molar-refractivity contribution in [1.29, 1.82) is 0 Å². The number of aromatic nitrogens is 1. The zero-order valence-electron chi connectivity index (χ0n) is 16.0. The molecule has 1 aromatic heterocycles. The average molecular weight is 407 g/mol. The molecule has 0 saturated carbocycles. The first-order valence-electron chi connectivity index (χ1n) is 9.59. The van der Waals surface area contributed by atoms with Crippen LogP contribution in [0.2, 0.25) is 0 Å². The number of carbonyl (C=O) groups excluding carboxylic acids is 1. The molecule has 2 bridgehead atoms. The molecule has 3 heterocycles. The summed E-state index contributed by atoms with van der Waals surface area (Å²) in [5, 5.41) is 3.71. The summed E-state index contributed by atoms with van der Waals surface area (Å²) in [7, 11) is -4.65. The molecule has 28 heavy (non-hydrogen) atoms. The van der Waals surface area contributed by atoms with Gasteiger partial charge >= 0.3 is 7.82 Å². The van der Waals surface area contributed by atoms with E-state index in [1.165, 1.54) is 0 Å². The number of amides is 1. The van der Waals surface area contributed by atoms with E-state index >= 15 is 0 Å². The third kappa shape index (κ3) is 3.29. The molecule has 3 atom stereocenters. The van der Waals surface area contributed by atoms with E-state index in [0.29, 0.717) is 19.3 Å². The van der Waals surface area contributed by atoms with Crippen molar-refractivity contribution in [2.45, 2.75) is 63.3 Å². The SMILES string of the molecule is CC(C)N1C2CCC1(OP(=O)(O)O)CC(c1c[nH]c3cccc(NC=O)c13)C2. The number of nitrogens with zero attached hydrogens (tertiary/aromatic N) is 1. The molecule has 2 fully saturated rings. The fraction of sp³-hybridized carbons (Fsp3) is 0.526. The van der Waals surface area contributed by atoms with Gasteiger partial charge in [0.05, 0.1) is 5.69 Å². The number of benzene rings is 1. The number of hydrogen-bond acceptors (Lipinski definition) is 4. The van der Waals surface area contributed by atoms with E-state index < -0.39 is 13.5 Å². The van der Waals surface area contributed by atoms with Crippen molar-refractivity contribution in [3.05, 3.63) is 30.0 Å². The number of rotatable bonds is 6. The van der Waals surface area contributed by atoms with Gasteiger partial charge < -0.3 is 20.1 Å². The van der Waals surface area contributed by atoms with Crippen LogP contribution in [0.4, 0.5) is 5.69 Å². The lowest BCUT2D eigenvalue weighted by atomic mass is 9.82. The van der Waals surface area contributed by atoms with Crippen LogP contribution in [0.3, 0.4) is 0 Å². The van der Waals surface area contributed by atoms with Gasteiger partial charge in [0.15, 0.2) is 0 Å². The second-order valence-corrected chi connectivity index (χ2v) is 9.26. The highest BCUT2D eigenvalue weighted by molar-refractivity contribution is 7.46. The fourth-order valence-electron chi connectivity index (χ4n) is 5.43. The van der Waals surface area contributed by atoms with Crippen molar-refractivity contribution in [2.75, 3.05) is 5.32 Å². The van der Waals surface area contributed by atoms with Crippen LogP contribution in [0.25, 0.3) is 10.9 Å². The molecule has 4 N–H and O–H groups in total. The molecule has 152 valence electrons. The Bertz CT molecular complexity index is 939. The van der Waals surface area contributed by atoms with Crippen molar-refractivity contribution in [1.82, 2.24) is 9.88 Å². The van der Waals surface area contributed by atoms with Gasteiger partial charge in [-0.25, -0.2) is 4.57 Å². The second-order valence-electron chi connectivity index (χ2n) is 8.09. The Morgan fingerprint density at radius 3 is 2.89 bits per heavy atom. The van der Waals surface area contributed by atoms with Crippen LogP contribution in [0.5, 0.6) is 0 Å². The lowest BCUT2D eigenvalue weighted by Gasteiger charge is -2.49. The van der Waals surface area contributed by atoms with E-state index in [9.17, 15) is 19.1 Å². The largest absolute Gasteiger partial charge is 0.471 e. The van der Waals surface area contributed by atoms with Gasteiger partial charge in [0.1, 0.15) is 5.72 Å². The number of anilines is 1. The summed E-state index contributed by atoms with van der Waals surface area (Å²) in [5.41, 5.74) is 1.73. The van der Waals surface area contributed by atoms with Crippen molar-refractivity contribution in [3.8, 4) is 0 Å². The summed E-state index contributed by atoms with van der Waals surface area (Å²) in [4.78, 5) is 35.6. The first-order valence-corrected chi connectivity index (χ1v) is 11.1. The number of fused-ring (bicyclic) bond motifs is 3. The number of carbonyl (C=O) groups is 1. The number of phosphoric acid groups is 1. The van der Waals surface area contributed by atoms with E-state index in [1.807, 2.05) is 38.2 Å². The quantitative estimate of drug-likeness (QED) is 0.432. The summed E-state index contributed by atoms with van der Waals surface area (Å²) in [6.45, 7) is 4.07. The molecule has 2 aliphatic rings. The maximum absolute atomic E-state index is 11.8. The molecule has 0 radical (unpaired) electrons. The Morgan fingerprint density at radius 2 is 2.21 bits per heavy atom. The number of phosphoric ester groups is 1. The Kier molecular flexibility index (Phi) is 4.88. The summed E-state index contributed by atoms with van der Waals surface area (Å²) in [6.07, 6.45) is 5.42. The maximum Gasteiger partial charge on any atom is 0.471 e. The van der Waals surface area contributed by atoms with E-state index in [1.54, 1.807) is 0 Å².